The molecule has 2 rings (SSSR count). The number of aliphatic hydroxyl groups excluding tert-OH is 1. The van der Waals surface area contributed by atoms with E-state index in [4.69, 9.17) is 0 Å². The summed E-state index contributed by atoms with van der Waals surface area (Å²) in [6, 6.07) is 0.471. The molecule has 0 spiro atoms. The van der Waals surface area contributed by atoms with Crippen molar-refractivity contribution in [1.29, 1.82) is 0 Å². The fourth-order valence-corrected chi connectivity index (χ4v) is 1.88. The minimum absolute atomic E-state index is 0.155. The second-order valence-corrected chi connectivity index (χ2v) is 3.74. The topological polar surface area (TPSA) is 52.1 Å². The zero-order valence-electron chi connectivity index (χ0n) is 7.77. The number of aromatic nitrogens is 2. The minimum atomic E-state index is -0.155. The predicted molar refractivity (Wildman–Crippen MR) is 49.1 cm³/mol. The highest BCUT2D eigenvalue weighted by Crippen LogP contribution is 2.18. The van der Waals surface area contributed by atoms with Gasteiger partial charge < -0.3 is 10.1 Å². The van der Waals surface area contributed by atoms with E-state index in [9.17, 15) is 5.11 Å². The largest absolute Gasteiger partial charge is 0.392 e. The molecule has 0 aliphatic carbocycles. The summed E-state index contributed by atoms with van der Waals surface area (Å²) >= 11 is 0. The highest BCUT2D eigenvalue weighted by Gasteiger charge is 2.27. The lowest BCUT2D eigenvalue weighted by Crippen LogP contribution is -2.27. The van der Waals surface area contributed by atoms with Crippen molar-refractivity contribution >= 4 is 0 Å². The molecule has 2 atom stereocenters. The molecule has 1 aromatic heterocycles. The van der Waals surface area contributed by atoms with Gasteiger partial charge >= 0.3 is 0 Å². The van der Waals surface area contributed by atoms with Crippen LogP contribution < -0.4 is 0 Å². The Morgan fingerprint density at radius 3 is 3.15 bits per heavy atom. The zero-order chi connectivity index (χ0) is 9.26. The van der Waals surface area contributed by atoms with Crippen molar-refractivity contribution < 1.29 is 5.11 Å². The normalized spacial score (nSPS) is 29.7. The molecule has 1 aliphatic rings. The summed E-state index contributed by atoms with van der Waals surface area (Å²) in [6.45, 7) is 3.78. The van der Waals surface area contributed by atoms with Crippen LogP contribution in [0.15, 0.2) is 12.5 Å². The number of aromatic amines is 1. The van der Waals surface area contributed by atoms with E-state index in [1.165, 1.54) is 0 Å². The smallest absolute Gasteiger partial charge is 0.0922 e. The first-order chi connectivity index (χ1) is 6.25. The Kier molecular flexibility index (Phi) is 2.33. The number of β-amino-alcohol motifs (C(OH)–C–C–N with tert-alkyl or cyclic N) is 1. The van der Waals surface area contributed by atoms with Crippen LogP contribution in [0, 0.1) is 0 Å². The number of hydrogen-bond donors (Lipinski definition) is 2. The summed E-state index contributed by atoms with van der Waals surface area (Å²) in [5.74, 6) is 0. The van der Waals surface area contributed by atoms with Gasteiger partial charge in [0.2, 0.25) is 0 Å². The first-order valence-electron chi connectivity index (χ1n) is 4.65. The van der Waals surface area contributed by atoms with Crippen molar-refractivity contribution in [2.75, 3.05) is 6.54 Å². The predicted octanol–water partition coefficient (Wildman–Crippen LogP) is 0.365. The average molecular weight is 181 g/mol. The number of nitrogens with zero attached hydrogens (tertiary/aromatic N) is 2. The van der Waals surface area contributed by atoms with Crippen LogP contribution >= 0.6 is 0 Å². The Balaban J connectivity index is 1.95. The first kappa shape index (κ1) is 8.72. The molecule has 1 saturated heterocycles. The van der Waals surface area contributed by atoms with Crippen molar-refractivity contribution in [3.05, 3.63) is 18.2 Å². The van der Waals surface area contributed by atoms with Gasteiger partial charge in [0.1, 0.15) is 0 Å². The zero-order valence-corrected chi connectivity index (χ0v) is 7.77. The SMILES string of the molecule is CC1CC(O)CN1Cc1cnc[nH]1. The number of rotatable bonds is 2. The van der Waals surface area contributed by atoms with E-state index in [0.717, 1.165) is 25.2 Å². The summed E-state index contributed by atoms with van der Waals surface area (Å²) in [5, 5.41) is 9.43. The lowest BCUT2D eigenvalue weighted by atomic mass is 10.2. The maximum Gasteiger partial charge on any atom is 0.0922 e. The van der Waals surface area contributed by atoms with Crippen LogP contribution in [0.5, 0.6) is 0 Å². The molecule has 0 saturated carbocycles. The highest BCUT2D eigenvalue weighted by molar-refractivity contribution is 4.96. The molecular weight excluding hydrogens is 166 g/mol. The van der Waals surface area contributed by atoms with Gasteiger partial charge in [-0.05, 0) is 13.3 Å². The summed E-state index contributed by atoms with van der Waals surface area (Å²) in [7, 11) is 0. The fourth-order valence-electron chi connectivity index (χ4n) is 1.88. The Bertz CT molecular complexity index is 260. The van der Waals surface area contributed by atoms with Gasteiger partial charge in [0.25, 0.3) is 0 Å². The first-order valence-corrected chi connectivity index (χ1v) is 4.65. The van der Waals surface area contributed by atoms with Crippen LogP contribution in [0.3, 0.4) is 0 Å². The van der Waals surface area contributed by atoms with E-state index >= 15 is 0 Å². The molecule has 2 heterocycles. The average Bonchev–Trinajstić information content (AvgIpc) is 2.63. The molecule has 2 N–H and O–H groups in total. The molecule has 0 aromatic carbocycles. The highest BCUT2D eigenvalue weighted by atomic mass is 16.3. The molecule has 0 amide bonds. The van der Waals surface area contributed by atoms with Crippen LogP contribution in [-0.2, 0) is 6.54 Å². The van der Waals surface area contributed by atoms with Crippen LogP contribution in [0.4, 0.5) is 0 Å². The molecule has 0 bridgehead atoms. The number of H-pyrrole nitrogens is 1. The molecule has 4 heteroatoms. The van der Waals surface area contributed by atoms with Crippen molar-refractivity contribution in [1.82, 2.24) is 14.9 Å². The quantitative estimate of drug-likeness (QED) is 0.693. The number of likely N-dealkylation sites (tertiary alicyclic amines) is 1. The lowest BCUT2D eigenvalue weighted by molar-refractivity contribution is 0.172. The van der Waals surface area contributed by atoms with Crippen molar-refractivity contribution in [2.24, 2.45) is 0 Å². The van der Waals surface area contributed by atoms with E-state index in [1.807, 2.05) is 6.20 Å². The van der Waals surface area contributed by atoms with Crippen molar-refractivity contribution in [3.63, 3.8) is 0 Å². The van der Waals surface area contributed by atoms with Gasteiger partial charge in [0.05, 0.1) is 12.4 Å². The second kappa shape index (κ2) is 3.47. The number of aliphatic hydroxyl groups is 1. The second-order valence-electron chi connectivity index (χ2n) is 3.74. The molecule has 2 unspecified atom stereocenters. The van der Waals surface area contributed by atoms with Crippen LogP contribution in [0.25, 0.3) is 0 Å². The van der Waals surface area contributed by atoms with Gasteiger partial charge in [-0.2, -0.15) is 0 Å². The Morgan fingerprint density at radius 1 is 1.77 bits per heavy atom. The molecule has 1 fully saturated rings. The van der Waals surface area contributed by atoms with Gasteiger partial charge in [-0.3, -0.25) is 4.90 Å². The Labute approximate surface area is 77.6 Å². The molecule has 13 heavy (non-hydrogen) atoms. The van der Waals surface area contributed by atoms with Crippen molar-refractivity contribution in [2.45, 2.75) is 32.0 Å². The molecular formula is C9H15N3O. The van der Waals surface area contributed by atoms with E-state index in [2.05, 4.69) is 21.8 Å². The third kappa shape index (κ3) is 1.89. The summed E-state index contributed by atoms with van der Waals surface area (Å²) < 4.78 is 0. The van der Waals surface area contributed by atoms with Gasteiger partial charge in [0, 0.05) is 31.0 Å². The molecule has 1 aromatic rings. The lowest BCUT2D eigenvalue weighted by Gasteiger charge is -2.19. The third-order valence-corrected chi connectivity index (χ3v) is 2.61. The Morgan fingerprint density at radius 2 is 2.62 bits per heavy atom. The molecule has 72 valence electrons. The summed E-state index contributed by atoms with van der Waals surface area (Å²) in [4.78, 5) is 9.29. The maximum atomic E-state index is 9.43. The number of nitrogens with one attached hydrogen (secondary N) is 1. The van der Waals surface area contributed by atoms with Gasteiger partial charge in [0.15, 0.2) is 0 Å². The minimum Gasteiger partial charge on any atom is -0.392 e. The van der Waals surface area contributed by atoms with Gasteiger partial charge in [-0.25, -0.2) is 4.98 Å². The van der Waals surface area contributed by atoms with Gasteiger partial charge in [-0.1, -0.05) is 0 Å². The Hall–Kier alpha value is -0.870. The summed E-state index contributed by atoms with van der Waals surface area (Å²) in [5.41, 5.74) is 1.11. The fraction of sp³-hybridized carbons (Fsp3) is 0.667. The standard InChI is InChI=1S/C9H15N3O/c1-7-2-9(13)5-12(7)4-8-3-10-6-11-8/h3,6-7,9,13H,2,4-5H2,1H3,(H,10,11). The number of imidazole rings is 1. The molecule has 4 nitrogen and oxygen atoms in total. The van der Waals surface area contributed by atoms with E-state index < -0.39 is 0 Å². The summed E-state index contributed by atoms with van der Waals surface area (Å²) in [6.07, 6.45) is 4.25. The van der Waals surface area contributed by atoms with Crippen LogP contribution in [0.2, 0.25) is 0 Å². The van der Waals surface area contributed by atoms with Gasteiger partial charge in [-0.15, -0.1) is 0 Å². The molecule has 1 aliphatic heterocycles. The van der Waals surface area contributed by atoms with E-state index in [1.54, 1.807) is 6.33 Å². The maximum absolute atomic E-state index is 9.43. The molecule has 0 radical (unpaired) electrons. The third-order valence-electron chi connectivity index (χ3n) is 2.61. The monoisotopic (exact) mass is 181 g/mol. The van der Waals surface area contributed by atoms with E-state index in [-0.39, 0.29) is 6.10 Å². The van der Waals surface area contributed by atoms with Crippen molar-refractivity contribution in [3.8, 4) is 0 Å². The number of hydrogen-bond acceptors (Lipinski definition) is 3. The van der Waals surface area contributed by atoms with Crippen LogP contribution in [-0.4, -0.2) is 38.7 Å². The van der Waals surface area contributed by atoms with Crippen LogP contribution in [0.1, 0.15) is 19.0 Å². The van der Waals surface area contributed by atoms with E-state index in [0.29, 0.717) is 6.04 Å².